The molecule has 0 aliphatic heterocycles. The van der Waals surface area contributed by atoms with Gasteiger partial charge in [0, 0.05) is 11.1 Å². The van der Waals surface area contributed by atoms with Gasteiger partial charge < -0.3 is 0 Å². The normalized spacial score (nSPS) is 12.4. The Morgan fingerprint density at radius 2 is 1.95 bits per heavy atom. The van der Waals surface area contributed by atoms with Crippen molar-refractivity contribution in [1.82, 2.24) is 15.6 Å². The molecule has 0 amide bonds. The molecule has 1 unspecified atom stereocenters. The highest BCUT2D eigenvalue weighted by molar-refractivity contribution is 5.37. The summed E-state index contributed by atoms with van der Waals surface area (Å²) in [6.07, 6.45) is 0.716. The van der Waals surface area contributed by atoms with Gasteiger partial charge in [0.25, 0.3) is 0 Å². The molecule has 0 radical (unpaired) electrons. The standard InChI is InChI=1S/C15H19FN4/c1-4-14-12(8-10(3)19-20-14)15(18-17)11-7-9(2)5-6-13(11)16/h5-8,15,18H,4,17H2,1-3H3. The van der Waals surface area contributed by atoms with E-state index in [1.165, 1.54) is 6.07 Å². The van der Waals surface area contributed by atoms with Gasteiger partial charge in [-0.3, -0.25) is 5.84 Å². The first-order valence-electron chi connectivity index (χ1n) is 6.62. The minimum atomic E-state index is -0.431. The maximum atomic E-state index is 14.1. The van der Waals surface area contributed by atoms with Crippen molar-refractivity contribution < 1.29 is 4.39 Å². The SMILES string of the molecule is CCc1nnc(C)cc1C(NN)c1cc(C)ccc1F. The number of benzene rings is 1. The lowest BCUT2D eigenvalue weighted by atomic mass is 9.95. The Labute approximate surface area is 118 Å². The number of hydrogen-bond donors (Lipinski definition) is 2. The van der Waals surface area contributed by atoms with Crippen LogP contribution in [0.15, 0.2) is 24.3 Å². The Morgan fingerprint density at radius 3 is 2.60 bits per heavy atom. The minimum Gasteiger partial charge on any atom is -0.271 e. The molecule has 1 atom stereocenters. The van der Waals surface area contributed by atoms with Gasteiger partial charge in [0.05, 0.1) is 17.4 Å². The summed E-state index contributed by atoms with van der Waals surface area (Å²) in [5, 5.41) is 8.22. The third-order valence-electron chi connectivity index (χ3n) is 3.30. The van der Waals surface area contributed by atoms with E-state index in [1.807, 2.05) is 26.8 Å². The zero-order valence-corrected chi connectivity index (χ0v) is 11.9. The fourth-order valence-electron chi connectivity index (χ4n) is 2.29. The lowest BCUT2D eigenvalue weighted by Crippen LogP contribution is -2.31. The van der Waals surface area contributed by atoms with Gasteiger partial charge in [-0.1, -0.05) is 24.6 Å². The number of nitrogens with one attached hydrogen (secondary N) is 1. The van der Waals surface area contributed by atoms with Crippen LogP contribution in [0, 0.1) is 19.7 Å². The topological polar surface area (TPSA) is 63.8 Å². The number of hydrazine groups is 1. The Kier molecular flexibility index (Phi) is 4.42. The van der Waals surface area contributed by atoms with E-state index in [1.54, 1.807) is 12.1 Å². The fraction of sp³-hybridized carbons (Fsp3) is 0.333. The van der Waals surface area contributed by atoms with Crippen LogP contribution < -0.4 is 11.3 Å². The van der Waals surface area contributed by atoms with Crippen LogP contribution in [0.1, 0.15) is 41.0 Å². The van der Waals surface area contributed by atoms with Crippen molar-refractivity contribution in [2.24, 2.45) is 5.84 Å². The average molecular weight is 274 g/mol. The fourth-order valence-corrected chi connectivity index (χ4v) is 2.29. The van der Waals surface area contributed by atoms with Crippen molar-refractivity contribution in [2.75, 3.05) is 0 Å². The number of hydrogen-bond acceptors (Lipinski definition) is 4. The van der Waals surface area contributed by atoms with E-state index in [4.69, 9.17) is 5.84 Å². The third kappa shape index (κ3) is 2.84. The summed E-state index contributed by atoms with van der Waals surface area (Å²) in [7, 11) is 0. The highest BCUT2D eigenvalue weighted by Gasteiger charge is 2.20. The first-order valence-corrected chi connectivity index (χ1v) is 6.62. The predicted octanol–water partition coefficient (Wildman–Crippen LogP) is 2.35. The van der Waals surface area contributed by atoms with Crippen molar-refractivity contribution >= 4 is 0 Å². The van der Waals surface area contributed by atoms with Gasteiger partial charge in [0.1, 0.15) is 5.82 Å². The summed E-state index contributed by atoms with van der Waals surface area (Å²) < 4.78 is 14.1. The molecule has 4 nitrogen and oxygen atoms in total. The minimum absolute atomic E-state index is 0.282. The number of aryl methyl sites for hydroxylation is 3. The summed E-state index contributed by atoms with van der Waals surface area (Å²) in [4.78, 5) is 0. The number of nitrogens with zero attached hydrogens (tertiary/aromatic N) is 2. The largest absolute Gasteiger partial charge is 0.271 e. The van der Waals surface area contributed by atoms with E-state index in [2.05, 4.69) is 15.6 Å². The Morgan fingerprint density at radius 1 is 1.20 bits per heavy atom. The molecule has 0 aliphatic rings. The molecular formula is C15H19FN4. The lowest BCUT2D eigenvalue weighted by molar-refractivity contribution is 0.554. The quantitative estimate of drug-likeness (QED) is 0.663. The zero-order chi connectivity index (χ0) is 14.7. The van der Waals surface area contributed by atoms with Gasteiger partial charge in [0.2, 0.25) is 0 Å². The highest BCUT2D eigenvalue weighted by atomic mass is 19.1. The summed E-state index contributed by atoms with van der Waals surface area (Å²) in [6, 6.07) is 6.47. The van der Waals surface area contributed by atoms with Crippen LogP contribution in [0.25, 0.3) is 0 Å². The monoisotopic (exact) mass is 274 g/mol. The number of rotatable bonds is 4. The molecule has 2 aromatic rings. The van der Waals surface area contributed by atoms with Gasteiger partial charge in [-0.2, -0.15) is 10.2 Å². The highest BCUT2D eigenvalue weighted by Crippen LogP contribution is 2.27. The smallest absolute Gasteiger partial charge is 0.128 e. The van der Waals surface area contributed by atoms with E-state index in [0.717, 1.165) is 22.5 Å². The molecule has 1 heterocycles. The van der Waals surface area contributed by atoms with Crippen molar-refractivity contribution in [3.8, 4) is 0 Å². The zero-order valence-electron chi connectivity index (χ0n) is 11.9. The van der Waals surface area contributed by atoms with Gasteiger partial charge in [-0.25, -0.2) is 9.82 Å². The summed E-state index contributed by atoms with van der Waals surface area (Å²) in [5.74, 6) is 5.38. The van der Waals surface area contributed by atoms with Crippen LogP contribution in [0.5, 0.6) is 0 Å². The van der Waals surface area contributed by atoms with Gasteiger partial charge in [0.15, 0.2) is 0 Å². The molecule has 0 aliphatic carbocycles. The molecule has 0 saturated carbocycles. The van der Waals surface area contributed by atoms with E-state index < -0.39 is 6.04 Å². The number of halogens is 1. The van der Waals surface area contributed by atoms with Crippen molar-refractivity contribution in [1.29, 1.82) is 0 Å². The van der Waals surface area contributed by atoms with Crippen LogP contribution >= 0.6 is 0 Å². The van der Waals surface area contributed by atoms with Crippen LogP contribution in [-0.4, -0.2) is 10.2 Å². The molecule has 0 saturated heterocycles. The molecule has 106 valence electrons. The van der Waals surface area contributed by atoms with Gasteiger partial charge >= 0.3 is 0 Å². The van der Waals surface area contributed by atoms with Crippen molar-refractivity contribution in [3.05, 3.63) is 58.2 Å². The lowest BCUT2D eigenvalue weighted by Gasteiger charge is -2.20. The van der Waals surface area contributed by atoms with E-state index >= 15 is 0 Å². The molecule has 1 aromatic carbocycles. The van der Waals surface area contributed by atoms with E-state index in [-0.39, 0.29) is 5.82 Å². The molecular weight excluding hydrogens is 255 g/mol. The average Bonchev–Trinajstić information content (AvgIpc) is 2.44. The van der Waals surface area contributed by atoms with Crippen molar-refractivity contribution in [2.45, 2.75) is 33.2 Å². The van der Waals surface area contributed by atoms with E-state index in [9.17, 15) is 4.39 Å². The Hall–Kier alpha value is -1.85. The summed E-state index contributed by atoms with van der Waals surface area (Å²) in [5.41, 5.74) is 6.67. The summed E-state index contributed by atoms with van der Waals surface area (Å²) >= 11 is 0. The molecule has 1 aromatic heterocycles. The Balaban J connectivity index is 2.57. The number of aromatic nitrogens is 2. The second-order valence-corrected chi connectivity index (χ2v) is 4.87. The first kappa shape index (κ1) is 14.6. The second-order valence-electron chi connectivity index (χ2n) is 4.87. The van der Waals surface area contributed by atoms with Crippen LogP contribution in [0.2, 0.25) is 0 Å². The maximum Gasteiger partial charge on any atom is 0.128 e. The molecule has 5 heteroatoms. The molecule has 2 rings (SSSR count). The second kappa shape index (κ2) is 6.07. The molecule has 20 heavy (non-hydrogen) atoms. The molecule has 3 N–H and O–H groups in total. The first-order chi connectivity index (χ1) is 9.56. The van der Waals surface area contributed by atoms with E-state index in [0.29, 0.717) is 12.0 Å². The summed E-state index contributed by atoms with van der Waals surface area (Å²) in [6.45, 7) is 5.77. The number of nitrogens with two attached hydrogens (primary N) is 1. The van der Waals surface area contributed by atoms with Crippen LogP contribution in [-0.2, 0) is 6.42 Å². The predicted molar refractivity (Wildman–Crippen MR) is 76.5 cm³/mol. The van der Waals surface area contributed by atoms with Gasteiger partial charge in [-0.15, -0.1) is 0 Å². The molecule has 0 bridgehead atoms. The third-order valence-corrected chi connectivity index (χ3v) is 3.30. The molecule has 0 fully saturated rings. The molecule has 0 spiro atoms. The van der Waals surface area contributed by atoms with Crippen molar-refractivity contribution in [3.63, 3.8) is 0 Å². The van der Waals surface area contributed by atoms with Crippen LogP contribution in [0.3, 0.4) is 0 Å². The Bertz CT molecular complexity index is 613. The van der Waals surface area contributed by atoms with Crippen LogP contribution in [0.4, 0.5) is 4.39 Å². The van der Waals surface area contributed by atoms with Gasteiger partial charge in [-0.05, 0) is 32.4 Å². The maximum absolute atomic E-state index is 14.1.